The summed E-state index contributed by atoms with van der Waals surface area (Å²) in [6.07, 6.45) is -3.54. The normalized spacial score (nSPS) is 18.3. The van der Waals surface area contributed by atoms with E-state index in [0.29, 0.717) is 12.6 Å². The highest BCUT2D eigenvalue weighted by Gasteiger charge is 2.35. The Labute approximate surface area is 181 Å². The number of hydrogen-bond donors (Lipinski definition) is 0. The summed E-state index contributed by atoms with van der Waals surface area (Å²) in [5.41, 5.74) is -0.115. The molecule has 162 valence electrons. The van der Waals surface area contributed by atoms with Crippen molar-refractivity contribution in [1.82, 2.24) is 9.88 Å². The van der Waals surface area contributed by atoms with E-state index in [0.717, 1.165) is 23.4 Å². The number of thioether (sulfide) groups is 1. The molecule has 3 rings (SSSR count). The lowest BCUT2D eigenvalue weighted by Gasteiger charge is -2.28. The van der Waals surface area contributed by atoms with Crippen molar-refractivity contribution in [2.45, 2.75) is 30.2 Å². The fraction of sp³-hybridized carbons (Fsp3) is 0.368. The van der Waals surface area contributed by atoms with Gasteiger partial charge in [0.1, 0.15) is 5.03 Å². The fourth-order valence-corrected chi connectivity index (χ4v) is 5.93. The summed E-state index contributed by atoms with van der Waals surface area (Å²) in [5.74, 6) is -0.532. The first kappa shape index (κ1) is 22.9. The average molecular weight is 479 g/mol. The van der Waals surface area contributed by atoms with Crippen molar-refractivity contribution in [3.05, 3.63) is 58.7 Å². The van der Waals surface area contributed by atoms with Crippen LogP contribution < -0.4 is 0 Å². The number of halogens is 4. The van der Waals surface area contributed by atoms with Gasteiger partial charge in [-0.1, -0.05) is 53.7 Å². The lowest BCUT2D eigenvalue weighted by Crippen LogP contribution is -2.41. The monoisotopic (exact) mass is 478 g/mol. The van der Waals surface area contributed by atoms with Gasteiger partial charge in [-0.15, -0.1) is 0 Å². The standard InChI is InChI=1S/C19H18ClF3N2O3S2/c20-16-8-14(19(21,22)23)9-24-18(16)29-11-17(26)25(10-13-4-2-1-3-5-13)15-6-7-30(27,28)12-15/h1-5,8-9,15H,6-7,10-12H2/t15-/m1/s1. The van der Waals surface area contributed by atoms with Crippen LogP contribution in [0.15, 0.2) is 47.6 Å². The summed E-state index contributed by atoms with van der Waals surface area (Å²) in [5, 5.41) is -0.0857. The van der Waals surface area contributed by atoms with Crippen molar-refractivity contribution in [3.8, 4) is 0 Å². The van der Waals surface area contributed by atoms with Gasteiger partial charge in [-0.25, -0.2) is 13.4 Å². The number of pyridine rings is 1. The minimum absolute atomic E-state index is 0.0235. The Kier molecular flexibility index (Phi) is 6.98. The van der Waals surface area contributed by atoms with Crippen molar-refractivity contribution in [1.29, 1.82) is 0 Å². The molecule has 1 fully saturated rings. The molecule has 1 aromatic carbocycles. The second-order valence-electron chi connectivity index (χ2n) is 6.86. The number of alkyl halides is 3. The number of carbonyl (C=O) groups excluding carboxylic acids is 1. The Bertz CT molecular complexity index is 1020. The fourth-order valence-electron chi connectivity index (χ4n) is 3.12. The molecule has 2 heterocycles. The van der Waals surface area contributed by atoms with Gasteiger partial charge in [0.05, 0.1) is 27.8 Å². The molecule has 0 N–H and O–H groups in total. The lowest BCUT2D eigenvalue weighted by molar-refractivity contribution is -0.138. The van der Waals surface area contributed by atoms with Gasteiger partial charge in [0, 0.05) is 18.8 Å². The molecule has 5 nitrogen and oxygen atoms in total. The largest absolute Gasteiger partial charge is 0.417 e. The SMILES string of the molecule is O=C(CSc1ncc(C(F)(F)F)cc1Cl)N(Cc1ccccc1)[C@@H]1CCS(=O)(=O)C1. The third kappa shape index (κ3) is 5.89. The predicted octanol–water partition coefficient (Wildman–Crippen LogP) is 4.06. The molecular weight excluding hydrogens is 461 g/mol. The van der Waals surface area contributed by atoms with Crippen molar-refractivity contribution in [2.75, 3.05) is 17.3 Å². The summed E-state index contributed by atoms with van der Waals surface area (Å²) in [6, 6.07) is 9.49. The van der Waals surface area contributed by atoms with E-state index in [-0.39, 0.29) is 39.8 Å². The number of carbonyl (C=O) groups is 1. The van der Waals surface area contributed by atoms with Gasteiger partial charge in [0.2, 0.25) is 5.91 Å². The van der Waals surface area contributed by atoms with Gasteiger partial charge in [-0.2, -0.15) is 13.2 Å². The highest BCUT2D eigenvalue weighted by atomic mass is 35.5. The number of rotatable bonds is 6. The van der Waals surface area contributed by atoms with Gasteiger partial charge in [0.15, 0.2) is 9.84 Å². The van der Waals surface area contributed by atoms with Crippen LogP contribution in [0.1, 0.15) is 17.5 Å². The molecule has 0 bridgehead atoms. The Balaban J connectivity index is 1.73. The van der Waals surface area contributed by atoms with Crippen LogP contribution in [0.2, 0.25) is 5.02 Å². The third-order valence-corrected chi connectivity index (χ3v) is 7.77. The minimum Gasteiger partial charge on any atom is -0.334 e. The number of amides is 1. The first-order valence-corrected chi connectivity index (χ1v) is 12.1. The first-order valence-electron chi connectivity index (χ1n) is 8.94. The van der Waals surface area contributed by atoms with Crippen molar-refractivity contribution in [3.63, 3.8) is 0 Å². The molecule has 0 saturated carbocycles. The summed E-state index contributed by atoms with van der Waals surface area (Å²) < 4.78 is 62.0. The quantitative estimate of drug-likeness (QED) is 0.586. The zero-order valence-corrected chi connectivity index (χ0v) is 18.0. The van der Waals surface area contributed by atoms with Crippen LogP contribution in [0.3, 0.4) is 0 Å². The molecule has 1 aliphatic heterocycles. The van der Waals surface area contributed by atoms with Crippen LogP contribution in [0.25, 0.3) is 0 Å². The Morgan fingerprint density at radius 3 is 2.53 bits per heavy atom. The molecule has 0 unspecified atom stereocenters. The van der Waals surface area contributed by atoms with E-state index in [2.05, 4.69) is 4.98 Å². The van der Waals surface area contributed by atoms with Crippen molar-refractivity contribution < 1.29 is 26.4 Å². The second kappa shape index (κ2) is 9.15. The van der Waals surface area contributed by atoms with Crippen LogP contribution in [0, 0.1) is 0 Å². The molecule has 1 amide bonds. The average Bonchev–Trinajstić information content (AvgIpc) is 3.04. The van der Waals surface area contributed by atoms with Crippen molar-refractivity contribution in [2.24, 2.45) is 0 Å². The molecule has 11 heteroatoms. The molecule has 1 atom stereocenters. The van der Waals surface area contributed by atoms with Crippen LogP contribution >= 0.6 is 23.4 Å². The van der Waals surface area contributed by atoms with E-state index in [1.54, 1.807) is 0 Å². The third-order valence-electron chi connectivity index (χ3n) is 4.63. The molecule has 1 saturated heterocycles. The highest BCUT2D eigenvalue weighted by Crippen LogP contribution is 2.34. The molecule has 0 spiro atoms. The van der Waals surface area contributed by atoms with E-state index in [4.69, 9.17) is 11.6 Å². The Morgan fingerprint density at radius 1 is 1.27 bits per heavy atom. The molecular formula is C19H18ClF3N2O3S2. The van der Waals surface area contributed by atoms with Crippen LogP contribution in [0.5, 0.6) is 0 Å². The molecule has 1 aliphatic rings. The molecule has 0 radical (unpaired) electrons. The lowest BCUT2D eigenvalue weighted by atomic mass is 10.1. The number of hydrogen-bond acceptors (Lipinski definition) is 5. The summed E-state index contributed by atoms with van der Waals surface area (Å²) in [7, 11) is -3.20. The topological polar surface area (TPSA) is 67.3 Å². The molecule has 0 aliphatic carbocycles. The van der Waals surface area contributed by atoms with E-state index in [1.165, 1.54) is 4.90 Å². The predicted molar refractivity (Wildman–Crippen MR) is 109 cm³/mol. The molecule has 30 heavy (non-hydrogen) atoms. The van der Waals surface area contributed by atoms with Gasteiger partial charge >= 0.3 is 6.18 Å². The zero-order chi connectivity index (χ0) is 21.9. The minimum atomic E-state index is -4.56. The van der Waals surface area contributed by atoms with E-state index < -0.39 is 27.6 Å². The number of aromatic nitrogens is 1. The first-order chi connectivity index (χ1) is 14.0. The zero-order valence-electron chi connectivity index (χ0n) is 15.6. The summed E-state index contributed by atoms with van der Waals surface area (Å²) >= 11 is 6.83. The number of benzene rings is 1. The maximum atomic E-state index is 12.9. The maximum absolute atomic E-state index is 12.9. The van der Waals surface area contributed by atoms with Crippen LogP contribution in [-0.2, 0) is 27.4 Å². The maximum Gasteiger partial charge on any atom is 0.417 e. The van der Waals surface area contributed by atoms with E-state index in [9.17, 15) is 26.4 Å². The van der Waals surface area contributed by atoms with E-state index >= 15 is 0 Å². The van der Waals surface area contributed by atoms with Gasteiger partial charge < -0.3 is 4.90 Å². The van der Waals surface area contributed by atoms with Crippen LogP contribution in [0.4, 0.5) is 13.2 Å². The number of sulfone groups is 1. The highest BCUT2D eigenvalue weighted by molar-refractivity contribution is 8.00. The second-order valence-corrected chi connectivity index (χ2v) is 10.5. The smallest absolute Gasteiger partial charge is 0.334 e. The van der Waals surface area contributed by atoms with Crippen molar-refractivity contribution >= 4 is 39.1 Å². The van der Waals surface area contributed by atoms with Gasteiger partial charge in [-0.05, 0) is 18.1 Å². The molecule has 2 aromatic rings. The molecule has 1 aromatic heterocycles. The van der Waals surface area contributed by atoms with Gasteiger partial charge in [0.25, 0.3) is 0 Å². The van der Waals surface area contributed by atoms with E-state index in [1.807, 2.05) is 30.3 Å². The Hall–Kier alpha value is -1.78. The van der Waals surface area contributed by atoms with Gasteiger partial charge in [-0.3, -0.25) is 4.79 Å². The summed E-state index contributed by atoms with van der Waals surface area (Å²) in [6.45, 7) is 0.245. The Morgan fingerprint density at radius 2 is 1.97 bits per heavy atom. The summed E-state index contributed by atoms with van der Waals surface area (Å²) in [4.78, 5) is 18.2. The number of nitrogens with zero attached hydrogens (tertiary/aromatic N) is 2. The van der Waals surface area contributed by atoms with Crippen LogP contribution in [-0.4, -0.2) is 47.5 Å².